The zero-order valence-corrected chi connectivity index (χ0v) is 21.7. The van der Waals surface area contributed by atoms with Gasteiger partial charge in [-0.2, -0.15) is 5.10 Å². The van der Waals surface area contributed by atoms with Crippen LogP contribution in [0, 0.1) is 17.2 Å². The van der Waals surface area contributed by atoms with Crippen LogP contribution >= 0.6 is 22.6 Å². The van der Waals surface area contributed by atoms with Gasteiger partial charge in [-0.15, -0.1) is 5.10 Å². The molecule has 2 saturated heterocycles. The van der Waals surface area contributed by atoms with Crippen molar-refractivity contribution in [2.45, 2.75) is 63.8 Å². The van der Waals surface area contributed by atoms with Crippen molar-refractivity contribution in [3.63, 3.8) is 0 Å². The molecule has 6 rings (SSSR count). The summed E-state index contributed by atoms with van der Waals surface area (Å²) in [5.41, 5.74) is 3.32. The van der Waals surface area contributed by atoms with E-state index < -0.39 is 5.54 Å². The number of ether oxygens (including phenoxy) is 2. The normalized spacial score (nSPS) is 24.4. The molecule has 0 spiro atoms. The Kier molecular flexibility index (Phi) is 5.54. The highest BCUT2D eigenvalue weighted by Crippen LogP contribution is 2.52. The zero-order chi connectivity index (χ0) is 23.4. The van der Waals surface area contributed by atoms with Gasteiger partial charge in [0.1, 0.15) is 14.9 Å². The Morgan fingerprint density at radius 2 is 2.06 bits per heavy atom. The molecule has 10 heteroatoms. The number of halogens is 1. The van der Waals surface area contributed by atoms with Gasteiger partial charge in [0, 0.05) is 26.0 Å². The summed E-state index contributed by atoms with van der Waals surface area (Å²) < 4.78 is 16.5. The number of hydrogen-bond donors (Lipinski definition) is 0. The Balaban J connectivity index is 1.57. The molecular formula is C24H28IN7O2. The van der Waals surface area contributed by atoms with Crippen molar-refractivity contribution in [2.75, 3.05) is 31.3 Å². The summed E-state index contributed by atoms with van der Waals surface area (Å²) in [6.45, 7) is 15.0. The largest absolute Gasteiger partial charge is 0.377 e. The van der Waals surface area contributed by atoms with Crippen LogP contribution in [0.3, 0.4) is 0 Å². The number of aromatic nitrogens is 5. The second-order valence-corrected chi connectivity index (χ2v) is 10.6. The van der Waals surface area contributed by atoms with Crippen LogP contribution in [0.1, 0.15) is 56.5 Å². The number of morpholine rings is 1. The molecule has 9 nitrogen and oxygen atoms in total. The van der Waals surface area contributed by atoms with Gasteiger partial charge in [-0.05, 0) is 67.8 Å². The first-order chi connectivity index (χ1) is 16.5. The third kappa shape index (κ3) is 3.60. The molecule has 178 valence electrons. The lowest BCUT2D eigenvalue weighted by atomic mass is 10.1. The maximum atomic E-state index is 7.96. The lowest BCUT2D eigenvalue weighted by Crippen LogP contribution is -2.44. The minimum atomic E-state index is -0.478. The molecule has 3 aromatic rings. The van der Waals surface area contributed by atoms with Gasteiger partial charge >= 0.3 is 0 Å². The first kappa shape index (κ1) is 22.2. The Morgan fingerprint density at radius 1 is 1.21 bits per heavy atom. The van der Waals surface area contributed by atoms with E-state index in [0.29, 0.717) is 13.2 Å². The first-order valence-corrected chi connectivity index (χ1v) is 13.1. The predicted molar refractivity (Wildman–Crippen MR) is 136 cm³/mol. The summed E-state index contributed by atoms with van der Waals surface area (Å²) >= 11 is 2.29. The number of imidazole rings is 1. The van der Waals surface area contributed by atoms with Crippen molar-refractivity contribution in [3.8, 4) is 11.5 Å². The fourth-order valence-electron chi connectivity index (χ4n) is 5.15. The van der Waals surface area contributed by atoms with E-state index in [-0.39, 0.29) is 12.3 Å². The number of nitrogens with zero attached hydrogens (tertiary/aromatic N) is 7. The highest BCUT2D eigenvalue weighted by molar-refractivity contribution is 14.1. The average Bonchev–Trinajstić information content (AvgIpc) is 3.46. The van der Waals surface area contributed by atoms with Crippen molar-refractivity contribution in [2.24, 2.45) is 0 Å². The molecule has 1 aliphatic carbocycles. The van der Waals surface area contributed by atoms with E-state index in [1.807, 2.05) is 16.1 Å². The van der Waals surface area contributed by atoms with Crippen LogP contribution in [0.4, 0.5) is 5.82 Å². The van der Waals surface area contributed by atoms with E-state index in [0.717, 1.165) is 83.1 Å². The molecule has 0 aromatic carbocycles. The van der Waals surface area contributed by atoms with Crippen LogP contribution in [0.15, 0.2) is 12.1 Å². The van der Waals surface area contributed by atoms with Gasteiger partial charge in [0.25, 0.3) is 5.54 Å². The molecule has 0 amide bonds. The van der Waals surface area contributed by atoms with Crippen LogP contribution in [0.5, 0.6) is 0 Å². The van der Waals surface area contributed by atoms with E-state index in [2.05, 4.69) is 51.4 Å². The average molecular weight is 573 g/mol. The standard InChI is InChI=1S/C24H28IN7O2/c1-15-12-18(31(28-15)20-6-4-5-10-34-20)23-27-22(25)21-17(24(26-3)7-8-24)13-19(29-32(21)23)30-9-11-33-14-16(30)2/h12-13,16,20H,4-11,14H2,1-2H3/t16-,20?/m1/s1. The topological polar surface area (TPSA) is 74.1 Å². The maximum Gasteiger partial charge on any atom is 0.260 e. The first-order valence-electron chi connectivity index (χ1n) is 12.0. The highest BCUT2D eigenvalue weighted by atomic mass is 127. The van der Waals surface area contributed by atoms with Gasteiger partial charge in [-0.25, -0.2) is 20.8 Å². The fourth-order valence-corrected chi connectivity index (χ4v) is 5.89. The molecule has 34 heavy (non-hydrogen) atoms. The van der Waals surface area contributed by atoms with Crippen molar-refractivity contribution < 1.29 is 9.47 Å². The van der Waals surface area contributed by atoms with Crippen molar-refractivity contribution >= 4 is 33.9 Å². The van der Waals surface area contributed by atoms with Crippen LogP contribution in [0.2, 0.25) is 0 Å². The number of hydrogen-bond acceptors (Lipinski definition) is 6. The quantitative estimate of drug-likeness (QED) is 0.342. The zero-order valence-electron chi connectivity index (χ0n) is 19.5. The van der Waals surface area contributed by atoms with Crippen molar-refractivity contribution in [1.82, 2.24) is 24.4 Å². The third-order valence-corrected chi connectivity index (χ3v) is 7.91. The molecule has 5 heterocycles. The van der Waals surface area contributed by atoms with E-state index in [1.54, 1.807) is 0 Å². The Morgan fingerprint density at radius 3 is 2.76 bits per heavy atom. The third-order valence-electron chi connectivity index (χ3n) is 7.16. The highest BCUT2D eigenvalue weighted by Gasteiger charge is 2.55. The lowest BCUT2D eigenvalue weighted by molar-refractivity contribution is -0.0386. The molecule has 0 N–H and O–H groups in total. The second-order valence-electron chi connectivity index (χ2n) is 9.60. The number of rotatable bonds is 4. The summed E-state index contributed by atoms with van der Waals surface area (Å²) in [6, 6.07) is 4.41. The summed E-state index contributed by atoms with van der Waals surface area (Å²) in [5.74, 6) is 1.62. The molecule has 0 bridgehead atoms. The molecule has 3 fully saturated rings. The second kappa shape index (κ2) is 8.46. The summed E-state index contributed by atoms with van der Waals surface area (Å²) in [4.78, 5) is 11.4. The molecule has 1 unspecified atom stereocenters. The lowest BCUT2D eigenvalue weighted by Gasteiger charge is -2.34. The van der Waals surface area contributed by atoms with Crippen LogP contribution in [-0.4, -0.2) is 56.8 Å². The Hall–Kier alpha value is -2.23. The maximum absolute atomic E-state index is 7.96. The van der Waals surface area contributed by atoms with Gasteiger partial charge < -0.3 is 19.2 Å². The van der Waals surface area contributed by atoms with Gasteiger partial charge in [-0.1, -0.05) is 0 Å². The van der Waals surface area contributed by atoms with Gasteiger partial charge in [0.15, 0.2) is 17.9 Å². The number of fused-ring (bicyclic) bond motifs is 1. The Bertz CT molecular complexity index is 1280. The Labute approximate surface area is 212 Å². The van der Waals surface area contributed by atoms with E-state index in [9.17, 15) is 0 Å². The minimum Gasteiger partial charge on any atom is -0.377 e. The van der Waals surface area contributed by atoms with E-state index >= 15 is 0 Å². The smallest absolute Gasteiger partial charge is 0.260 e. The number of anilines is 1. The summed E-state index contributed by atoms with van der Waals surface area (Å²) in [6.07, 6.45) is 4.79. The van der Waals surface area contributed by atoms with Crippen molar-refractivity contribution in [3.05, 3.63) is 38.5 Å². The SMILES string of the molecule is [C-]#[N+]C1(c2cc(N3CCOC[C@H]3C)nn3c(-c4cc(C)nn4C4CCCCO4)nc(I)c23)CC1. The van der Waals surface area contributed by atoms with Crippen LogP contribution < -0.4 is 4.90 Å². The molecule has 2 atom stereocenters. The number of aryl methyl sites for hydroxylation is 1. The minimum absolute atomic E-state index is 0.0950. The summed E-state index contributed by atoms with van der Waals surface area (Å²) in [7, 11) is 0. The van der Waals surface area contributed by atoms with Gasteiger partial charge in [-0.3, -0.25) is 0 Å². The van der Waals surface area contributed by atoms with Gasteiger partial charge in [0.2, 0.25) is 0 Å². The molecule has 0 radical (unpaired) electrons. The fraction of sp³-hybridized carbons (Fsp3) is 0.583. The van der Waals surface area contributed by atoms with Gasteiger partial charge in [0.05, 0.1) is 30.5 Å². The monoisotopic (exact) mass is 573 g/mol. The van der Waals surface area contributed by atoms with E-state index in [1.165, 1.54) is 0 Å². The van der Waals surface area contributed by atoms with E-state index in [4.69, 9.17) is 31.2 Å². The van der Waals surface area contributed by atoms with Crippen LogP contribution in [0.25, 0.3) is 21.9 Å². The summed E-state index contributed by atoms with van der Waals surface area (Å²) in [5, 5.41) is 9.90. The van der Waals surface area contributed by atoms with Crippen molar-refractivity contribution in [1.29, 1.82) is 0 Å². The molecular weight excluding hydrogens is 545 g/mol. The molecule has 3 aromatic heterocycles. The molecule has 1 saturated carbocycles. The predicted octanol–water partition coefficient (Wildman–Crippen LogP) is 4.34. The molecule has 2 aliphatic heterocycles. The van der Waals surface area contributed by atoms with Crippen LogP contribution in [-0.2, 0) is 15.0 Å². The molecule has 3 aliphatic rings.